The zero-order valence-corrected chi connectivity index (χ0v) is 11.6. The highest BCUT2D eigenvalue weighted by atomic mass is 32.2. The largest absolute Gasteiger partial charge is 0.301 e. The van der Waals surface area contributed by atoms with Crippen molar-refractivity contribution in [2.45, 2.75) is 11.8 Å². The van der Waals surface area contributed by atoms with Crippen molar-refractivity contribution in [3.05, 3.63) is 40.9 Å². The second-order valence-electron chi connectivity index (χ2n) is 3.71. The fourth-order valence-corrected chi connectivity index (χ4v) is 2.73. The van der Waals surface area contributed by atoms with E-state index in [0.717, 1.165) is 29.6 Å². The number of hydrogen-bond acceptors (Lipinski definition) is 4. The SMILES string of the molecule is Cc1csc(NC(=O)CSc2ccc(F)cc2F)n1. The number of aryl methyl sites for hydroxylation is 1. The van der Waals surface area contributed by atoms with E-state index in [4.69, 9.17) is 0 Å². The average molecular weight is 300 g/mol. The molecule has 1 heterocycles. The predicted octanol–water partition coefficient (Wildman–Crippen LogP) is 3.46. The maximum atomic E-state index is 13.3. The van der Waals surface area contributed by atoms with E-state index in [2.05, 4.69) is 10.3 Å². The summed E-state index contributed by atoms with van der Waals surface area (Å²) in [6, 6.07) is 3.27. The van der Waals surface area contributed by atoms with E-state index in [9.17, 15) is 13.6 Å². The van der Waals surface area contributed by atoms with Gasteiger partial charge in [-0.1, -0.05) is 0 Å². The van der Waals surface area contributed by atoms with Crippen molar-refractivity contribution in [3.8, 4) is 0 Å². The average Bonchev–Trinajstić information content (AvgIpc) is 2.73. The zero-order chi connectivity index (χ0) is 13.8. The van der Waals surface area contributed by atoms with Gasteiger partial charge in [-0.05, 0) is 19.1 Å². The second-order valence-corrected chi connectivity index (χ2v) is 5.58. The lowest BCUT2D eigenvalue weighted by atomic mass is 10.3. The third kappa shape index (κ3) is 4.00. The number of carbonyl (C=O) groups excluding carboxylic acids is 1. The van der Waals surface area contributed by atoms with Crippen LogP contribution in [0.2, 0.25) is 0 Å². The van der Waals surface area contributed by atoms with Gasteiger partial charge in [0.15, 0.2) is 5.13 Å². The van der Waals surface area contributed by atoms with Gasteiger partial charge in [0.05, 0.1) is 11.4 Å². The van der Waals surface area contributed by atoms with Crippen LogP contribution in [0.15, 0.2) is 28.5 Å². The van der Waals surface area contributed by atoms with Gasteiger partial charge in [-0.15, -0.1) is 23.1 Å². The summed E-state index contributed by atoms with van der Waals surface area (Å²) in [6.45, 7) is 1.83. The van der Waals surface area contributed by atoms with Crippen LogP contribution >= 0.6 is 23.1 Å². The standard InChI is InChI=1S/C12H10F2N2OS2/c1-7-5-19-12(15-7)16-11(17)6-18-10-3-2-8(13)4-9(10)14/h2-5H,6H2,1H3,(H,15,16,17). The number of thioether (sulfide) groups is 1. The van der Waals surface area contributed by atoms with Crippen molar-refractivity contribution in [2.75, 3.05) is 11.1 Å². The highest BCUT2D eigenvalue weighted by Crippen LogP contribution is 2.23. The highest BCUT2D eigenvalue weighted by molar-refractivity contribution is 8.00. The fourth-order valence-electron chi connectivity index (χ4n) is 1.30. The molecule has 0 saturated carbocycles. The summed E-state index contributed by atoms with van der Waals surface area (Å²) in [7, 11) is 0. The molecule has 1 aromatic heterocycles. The van der Waals surface area contributed by atoms with Crippen LogP contribution in [0.4, 0.5) is 13.9 Å². The Morgan fingerprint density at radius 1 is 1.47 bits per heavy atom. The fraction of sp³-hybridized carbons (Fsp3) is 0.167. The van der Waals surface area contributed by atoms with Crippen molar-refractivity contribution >= 4 is 34.1 Å². The Kier molecular flexibility index (Phi) is 4.49. The molecular formula is C12H10F2N2OS2. The molecule has 0 aliphatic carbocycles. The zero-order valence-electron chi connectivity index (χ0n) is 9.94. The number of aromatic nitrogens is 1. The van der Waals surface area contributed by atoms with E-state index in [-0.39, 0.29) is 16.6 Å². The maximum Gasteiger partial charge on any atom is 0.236 e. The maximum absolute atomic E-state index is 13.3. The lowest BCUT2D eigenvalue weighted by molar-refractivity contribution is -0.113. The topological polar surface area (TPSA) is 42.0 Å². The third-order valence-electron chi connectivity index (χ3n) is 2.12. The molecule has 0 aliphatic rings. The van der Waals surface area contributed by atoms with Crippen molar-refractivity contribution in [1.82, 2.24) is 4.98 Å². The van der Waals surface area contributed by atoms with Crippen LogP contribution < -0.4 is 5.32 Å². The summed E-state index contributed by atoms with van der Waals surface area (Å²) in [5, 5.41) is 4.95. The summed E-state index contributed by atoms with van der Waals surface area (Å²) >= 11 is 2.34. The number of nitrogens with zero attached hydrogens (tertiary/aromatic N) is 1. The second kappa shape index (κ2) is 6.12. The van der Waals surface area contributed by atoms with Crippen molar-refractivity contribution in [1.29, 1.82) is 0 Å². The van der Waals surface area contributed by atoms with Crippen molar-refractivity contribution < 1.29 is 13.6 Å². The minimum Gasteiger partial charge on any atom is -0.301 e. The number of benzene rings is 1. The number of nitrogens with one attached hydrogen (secondary N) is 1. The summed E-state index contributed by atoms with van der Waals surface area (Å²) in [6.07, 6.45) is 0. The minimum absolute atomic E-state index is 0.0428. The molecule has 0 spiro atoms. The number of thiazole rings is 1. The summed E-state index contributed by atoms with van der Waals surface area (Å²) in [5.74, 6) is -1.53. The Labute approximate surface area is 117 Å². The molecule has 1 amide bonds. The number of rotatable bonds is 4. The smallest absolute Gasteiger partial charge is 0.236 e. The Bertz CT molecular complexity index is 601. The number of anilines is 1. The van der Waals surface area contributed by atoms with Crippen LogP contribution in [0.1, 0.15) is 5.69 Å². The molecule has 100 valence electrons. The summed E-state index contributed by atoms with van der Waals surface area (Å²) in [4.78, 5) is 15.9. The third-order valence-corrected chi connectivity index (χ3v) is 4.04. The Balaban J connectivity index is 1.89. The molecule has 0 radical (unpaired) electrons. The van der Waals surface area contributed by atoms with Gasteiger partial charge >= 0.3 is 0 Å². The predicted molar refractivity (Wildman–Crippen MR) is 72.6 cm³/mol. The molecule has 1 aromatic carbocycles. The molecular weight excluding hydrogens is 290 g/mol. The number of carbonyl (C=O) groups is 1. The first kappa shape index (κ1) is 14.0. The molecule has 0 aliphatic heterocycles. The minimum atomic E-state index is -0.664. The lowest BCUT2D eigenvalue weighted by Gasteiger charge is -2.03. The van der Waals surface area contributed by atoms with E-state index >= 15 is 0 Å². The molecule has 0 unspecified atom stereocenters. The summed E-state index contributed by atoms with van der Waals surface area (Å²) in [5.41, 5.74) is 0.831. The van der Waals surface area contributed by atoms with E-state index in [1.165, 1.54) is 17.4 Å². The van der Waals surface area contributed by atoms with Crippen molar-refractivity contribution in [2.24, 2.45) is 0 Å². The van der Waals surface area contributed by atoms with Crippen molar-refractivity contribution in [3.63, 3.8) is 0 Å². The van der Waals surface area contributed by atoms with Crippen LogP contribution in [0.3, 0.4) is 0 Å². The van der Waals surface area contributed by atoms with Gasteiger partial charge in [0.2, 0.25) is 5.91 Å². The van der Waals surface area contributed by atoms with Crippen LogP contribution in [-0.4, -0.2) is 16.6 Å². The summed E-state index contributed by atoms with van der Waals surface area (Å²) < 4.78 is 26.0. The van der Waals surface area contributed by atoms with Gasteiger partial charge in [-0.2, -0.15) is 0 Å². The molecule has 0 atom stereocenters. The van der Waals surface area contributed by atoms with Gasteiger partial charge in [0.1, 0.15) is 11.6 Å². The van der Waals surface area contributed by atoms with E-state index in [1.54, 1.807) is 0 Å². The van der Waals surface area contributed by atoms with Gasteiger partial charge in [0.25, 0.3) is 0 Å². The molecule has 0 fully saturated rings. The Morgan fingerprint density at radius 2 is 2.26 bits per heavy atom. The van der Waals surface area contributed by atoms with E-state index in [1.807, 2.05) is 12.3 Å². The first-order valence-corrected chi connectivity index (χ1v) is 7.21. The van der Waals surface area contributed by atoms with Gasteiger partial charge in [-0.25, -0.2) is 13.8 Å². The first-order chi connectivity index (χ1) is 9.04. The Morgan fingerprint density at radius 3 is 2.89 bits per heavy atom. The van der Waals surface area contributed by atoms with Gasteiger partial charge < -0.3 is 5.32 Å². The quantitative estimate of drug-likeness (QED) is 0.879. The molecule has 2 rings (SSSR count). The van der Waals surface area contributed by atoms with Crippen LogP contribution in [0.25, 0.3) is 0 Å². The van der Waals surface area contributed by atoms with E-state index < -0.39 is 11.6 Å². The molecule has 7 heteroatoms. The molecule has 2 aromatic rings. The van der Waals surface area contributed by atoms with E-state index in [0.29, 0.717) is 5.13 Å². The molecule has 3 nitrogen and oxygen atoms in total. The Hall–Kier alpha value is -1.47. The molecule has 0 saturated heterocycles. The first-order valence-electron chi connectivity index (χ1n) is 5.34. The van der Waals surface area contributed by atoms with Crippen LogP contribution in [-0.2, 0) is 4.79 Å². The lowest BCUT2D eigenvalue weighted by Crippen LogP contribution is -2.13. The van der Waals surface area contributed by atoms with Crippen LogP contribution in [0, 0.1) is 18.6 Å². The number of hydrogen-bond donors (Lipinski definition) is 1. The normalized spacial score (nSPS) is 10.5. The molecule has 1 N–H and O–H groups in total. The van der Waals surface area contributed by atoms with Gasteiger partial charge in [0, 0.05) is 16.3 Å². The molecule has 0 bridgehead atoms. The van der Waals surface area contributed by atoms with Crippen LogP contribution in [0.5, 0.6) is 0 Å². The highest BCUT2D eigenvalue weighted by Gasteiger charge is 2.09. The van der Waals surface area contributed by atoms with Gasteiger partial charge in [-0.3, -0.25) is 4.79 Å². The number of amides is 1. The molecule has 19 heavy (non-hydrogen) atoms. The monoisotopic (exact) mass is 300 g/mol. The number of halogens is 2.